The van der Waals surface area contributed by atoms with E-state index in [-0.39, 0.29) is 38.5 Å². The Kier molecular flexibility index (Phi) is 44.1. The van der Waals surface area contributed by atoms with E-state index < -0.39 is 52.1 Å². The highest BCUT2D eigenvalue weighted by atomic mass is 16.4. The number of hydrogen-bond donors (Lipinski definition) is 6. The molecule has 79 heavy (non-hydrogen) atoms. The minimum Gasteiger partial charge on any atom is -0.480 e. The van der Waals surface area contributed by atoms with Crippen molar-refractivity contribution in [2.24, 2.45) is 16.2 Å². The van der Waals surface area contributed by atoms with Gasteiger partial charge in [0.25, 0.3) is 0 Å². The molecule has 0 amide bonds. The van der Waals surface area contributed by atoms with E-state index in [9.17, 15) is 28.8 Å². The molecule has 0 atom stereocenters. The Morgan fingerprint density at radius 2 is 0.418 bits per heavy atom. The molecule has 6 aliphatic rings. The van der Waals surface area contributed by atoms with E-state index in [4.69, 9.17) is 30.6 Å². The Bertz CT molecular complexity index is 1460. The van der Waals surface area contributed by atoms with Crippen molar-refractivity contribution < 1.29 is 59.4 Å². The van der Waals surface area contributed by atoms with Gasteiger partial charge in [-0.25, -0.2) is 0 Å². The maximum absolute atomic E-state index is 11.2. The van der Waals surface area contributed by atoms with Gasteiger partial charge in [0.05, 0.1) is 0 Å². The molecule has 0 aromatic carbocycles. The third-order valence-corrected chi connectivity index (χ3v) is 17.4. The lowest BCUT2D eigenvalue weighted by molar-refractivity contribution is -0.168. The summed E-state index contributed by atoms with van der Waals surface area (Å²) >= 11 is 0. The van der Waals surface area contributed by atoms with Gasteiger partial charge in [-0.3, -0.25) is 28.8 Å². The summed E-state index contributed by atoms with van der Waals surface area (Å²) < 4.78 is 0. The quantitative estimate of drug-likeness (QED) is 0.108. The third-order valence-electron chi connectivity index (χ3n) is 17.4. The number of allylic oxidation sites excluding steroid dienone is 6. The van der Waals surface area contributed by atoms with Crippen LogP contribution in [0, 0.1) is 16.2 Å². The van der Waals surface area contributed by atoms with Crippen molar-refractivity contribution in [1.82, 2.24) is 0 Å². The average molecular weight is 1110 g/mol. The molecule has 6 rings (SSSR count). The number of hydrogen-bond acceptors (Lipinski definition) is 6. The van der Waals surface area contributed by atoms with Crippen molar-refractivity contribution >= 4 is 35.8 Å². The van der Waals surface area contributed by atoms with Gasteiger partial charge in [-0.15, -0.1) is 0 Å². The molecule has 12 heteroatoms. The van der Waals surface area contributed by atoms with Crippen LogP contribution >= 0.6 is 0 Å². The second kappa shape index (κ2) is 47.7. The summed E-state index contributed by atoms with van der Waals surface area (Å²) in [5.41, 5.74) is -2.97. The molecule has 3 saturated carbocycles. The molecule has 0 bridgehead atoms. The maximum Gasteiger partial charge on any atom is 0.321 e. The molecule has 0 heterocycles. The molecule has 0 radical (unpaired) electrons. The molecule has 6 N–H and O–H groups in total. The monoisotopic (exact) mass is 1110 g/mol. The number of carboxylic acids is 6. The molecule has 456 valence electrons. The molecular formula is C67H116O12. The zero-order valence-electron chi connectivity index (χ0n) is 50.1. The van der Waals surface area contributed by atoms with Crippen molar-refractivity contribution in [3.8, 4) is 0 Å². The standard InChI is InChI=1S/3C12H20O4.C11H20.2C10H18/c3*13-10(14)12(11(15)16)8-6-4-2-1-3-5-7-9-12;1-11-9-7-5-3-2-4-6-8-10-11;2*1-2-4-6-8-10-9-7-5-3-1/h3*1-9H2,(H,13,14)(H,15,16);9H,2-8,10H2,1H3;2*1-2H,3-10H2/b;;;11-9-;2*2-1-. The number of aliphatic carboxylic acids is 6. The number of rotatable bonds is 6. The van der Waals surface area contributed by atoms with Crippen LogP contribution in [0.4, 0.5) is 0 Å². The van der Waals surface area contributed by atoms with Crippen molar-refractivity contribution in [1.29, 1.82) is 0 Å². The van der Waals surface area contributed by atoms with E-state index in [2.05, 4.69) is 37.3 Å². The molecule has 0 spiro atoms. The van der Waals surface area contributed by atoms with Crippen LogP contribution in [0.2, 0.25) is 0 Å². The van der Waals surface area contributed by atoms with Crippen LogP contribution in [0.1, 0.15) is 334 Å². The summed E-state index contributed by atoms with van der Waals surface area (Å²) in [4.78, 5) is 67.2. The van der Waals surface area contributed by atoms with E-state index in [1.165, 1.54) is 173 Å². The zero-order valence-corrected chi connectivity index (χ0v) is 50.1. The Morgan fingerprint density at radius 3 is 0.620 bits per heavy atom. The number of carbonyl (C=O) groups is 6. The van der Waals surface area contributed by atoms with Crippen molar-refractivity contribution in [3.05, 3.63) is 36.0 Å². The van der Waals surface area contributed by atoms with Gasteiger partial charge in [-0.2, -0.15) is 0 Å². The topological polar surface area (TPSA) is 224 Å². The first-order chi connectivity index (χ1) is 38.2. The Labute approximate surface area is 479 Å². The third kappa shape index (κ3) is 34.2. The molecule has 3 fully saturated rings. The minimum atomic E-state index is -1.53. The average Bonchev–Trinajstić information content (AvgIpc) is 3.44. The maximum atomic E-state index is 11.2. The van der Waals surface area contributed by atoms with Gasteiger partial charge in [0.1, 0.15) is 0 Å². The van der Waals surface area contributed by atoms with Gasteiger partial charge >= 0.3 is 35.8 Å². The van der Waals surface area contributed by atoms with Crippen LogP contribution in [0.5, 0.6) is 0 Å². The van der Waals surface area contributed by atoms with Crippen molar-refractivity contribution in [2.75, 3.05) is 0 Å². The molecule has 0 aromatic heterocycles. The summed E-state index contributed by atoms with van der Waals surface area (Å²) in [6.07, 6.45) is 67.5. The van der Waals surface area contributed by atoms with Gasteiger partial charge in [0.15, 0.2) is 16.2 Å². The van der Waals surface area contributed by atoms with Gasteiger partial charge in [-0.1, -0.05) is 248 Å². The Morgan fingerprint density at radius 1 is 0.253 bits per heavy atom. The molecule has 0 unspecified atom stereocenters. The molecular weight excluding hydrogens is 997 g/mol. The summed E-state index contributed by atoms with van der Waals surface area (Å²) in [6, 6.07) is 0. The predicted molar refractivity (Wildman–Crippen MR) is 321 cm³/mol. The first-order valence-corrected chi connectivity index (χ1v) is 32.5. The van der Waals surface area contributed by atoms with E-state index in [1.54, 1.807) is 5.57 Å². The van der Waals surface area contributed by atoms with Gasteiger partial charge in [0.2, 0.25) is 0 Å². The van der Waals surface area contributed by atoms with Crippen LogP contribution in [0.15, 0.2) is 36.0 Å². The Balaban J connectivity index is 0.000000479. The second-order valence-electron chi connectivity index (χ2n) is 24.1. The first-order valence-electron chi connectivity index (χ1n) is 32.5. The summed E-state index contributed by atoms with van der Waals surface area (Å²) in [7, 11) is 0. The summed E-state index contributed by atoms with van der Waals surface area (Å²) in [5.74, 6) is -7.00. The van der Waals surface area contributed by atoms with Crippen LogP contribution in [-0.2, 0) is 28.8 Å². The zero-order chi connectivity index (χ0) is 58.1. The lowest BCUT2D eigenvalue weighted by Gasteiger charge is -2.25. The fourth-order valence-corrected chi connectivity index (χ4v) is 11.8. The highest BCUT2D eigenvalue weighted by Gasteiger charge is 2.47. The van der Waals surface area contributed by atoms with E-state index >= 15 is 0 Å². The lowest BCUT2D eigenvalue weighted by atomic mass is 9.77. The summed E-state index contributed by atoms with van der Waals surface area (Å²) in [5, 5.41) is 54.9. The largest absolute Gasteiger partial charge is 0.480 e. The molecule has 0 aromatic rings. The fourth-order valence-electron chi connectivity index (χ4n) is 11.8. The van der Waals surface area contributed by atoms with Gasteiger partial charge in [-0.05, 0) is 122 Å². The molecule has 12 nitrogen and oxygen atoms in total. The van der Waals surface area contributed by atoms with E-state index in [0.29, 0.717) is 38.5 Å². The summed E-state index contributed by atoms with van der Waals surface area (Å²) in [6.45, 7) is 2.28. The van der Waals surface area contributed by atoms with Crippen LogP contribution in [0.3, 0.4) is 0 Å². The predicted octanol–water partition coefficient (Wildman–Crippen LogP) is 19.4. The number of carboxylic acid groups (broad SMARTS) is 6. The fraction of sp³-hybridized carbons (Fsp3) is 0.821. The Hall–Kier alpha value is -3.96. The van der Waals surface area contributed by atoms with Crippen molar-refractivity contribution in [3.63, 3.8) is 0 Å². The highest BCUT2D eigenvalue weighted by Crippen LogP contribution is 2.36. The minimum absolute atomic E-state index is 0.275. The van der Waals surface area contributed by atoms with Crippen molar-refractivity contribution in [2.45, 2.75) is 334 Å². The second-order valence-corrected chi connectivity index (χ2v) is 24.1. The van der Waals surface area contributed by atoms with Crippen LogP contribution < -0.4 is 0 Å². The molecule has 0 saturated heterocycles. The van der Waals surface area contributed by atoms with Gasteiger partial charge < -0.3 is 30.6 Å². The van der Waals surface area contributed by atoms with E-state index in [1.807, 2.05) is 0 Å². The smallest absolute Gasteiger partial charge is 0.321 e. The van der Waals surface area contributed by atoms with Gasteiger partial charge in [0, 0.05) is 0 Å². The lowest BCUT2D eigenvalue weighted by Crippen LogP contribution is -2.39. The molecule has 6 aliphatic carbocycles. The normalized spacial score (nSPS) is 23.8. The van der Waals surface area contributed by atoms with Crippen LogP contribution in [-0.4, -0.2) is 66.5 Å². The SMILES string of the molecule is C/C1=C/CCCCCCCC1.C1=C\CCCCCCCC/1.C1=C\CCCCCCCC/1.O=C(O)C1(C(=O)O)CCCCCCCCC1.O=C(O)C1(C(=O)O)CCCCCCCCC1.O=C(O)C1(C(=O)O)CCCCCCCCC1. The highest BCUT2D eigenvalue weighted by molar-refractivity contribution is 5.99. The van der Waals surface area contributed by atoms with Crippen LogP contribution in [0.25, 0.3) is 0 Å². The molecule has 0 aliphatic heterocycles. The van der Waals surface area contributed by atoms with E-state index in [0.717, 1.165) is 77.0 Å². The first kappa shape index (κ1) is 73.1.